The second kappa shape index (κ2) is 6.40. The molecule has 2 rings (SSSR count). The number of rotatable bonds is 4. The zero-order valence-corrected chi connectivity index (χ0v) is 12.5. The van der Waals surface area contributed by atoms with Gasteiger partial charge in [-0.05, 0) is 17.1 Å². The highest BCUT2D eigenvalue weighted by atomic mass is 35.5. The molecule has 0 saturated carbocycles. The molecular formula is C11H4Cl2F5N3O3. The SMILES string of the molecule is O=[N+]([O-])c1nn(-c2c(Cl)cc(C(F)(F)F)cc2Cl)cc1OC(F)F. The van der Waals surface area contributed by atoms with Crippen LogP contribution >= 0.6 is 23.2 Å². The Hall–Kier alpha value is -2.14. The van der Waals surface area contributed by atoms with E-state index in [0.29, 0.717) is 23.0 Å². The fraction of sp³-hybridized carbons (Fsp3) is 0.182. The zero-order valence-electron chi connectivity index (χ0n) is 11.0. The molecule has 0 spiro atoms. The highest BCUT2D eigenvalue weighted by Gasteiger charge is 2.33. The number of hydrogen-bond acceptors (Lipinski definition) is 4. The normalized spacial score (nSPS) is 11.8. The van der Waals surface area contributed by atoms with Crippen molar-refractivity contribution in [3.05, 3.63) is 44.1 Å². The number of aromatic nitrogens is 2. The van der Waals surface area contributed by atoms with Crippen LogP contribution in [0.1, 0.15) is 5.56 Å². The molecule has 0 unspecified atom stereocenters. The van der Waals surface area contributed by atoms with Crippen LogP contribution in [0.3, 0.4) is 0 Å². The molecule has 0 fully saturated rings. The average Bonchev–Trinajstić information content (AvgIpc) is 2.79. The number of ether oxygens (including phenoxy) is 1. The van der Waals surface area contributed by atoms with E-state index in [-0.39, 0.29) is 5.69 Å². The fourth-order valence-corrected chi connectivity index (χ4v) is 2.38. The maximum atomic E-state index is 12.7. The third kappa shape index (κ3) is 3.67. The van der Waals surface area contributed by atoms with E-state index in [1.54, 1.807) is 0 Å². The maximum absolute atomic E-state index is 12.7. The summed E-state index contributed by atoms with van der Waals surface area (Å²) in [6.45, 7) is -3.38. The molecule has 0 radical (unpaired) electrons. The van der Waals surface area contributed by atoms with E-state index >= 15 is 0 Å². The number of nitrogens with zero attached hydrogens (tertiary/aromatic N) is 3. The van der Waals surface area contributed by atoms with Crippen LogP contribution in [0.2, 0.25) is 10.0 Å². The molecule has 130 valence electrons. The number of alkyl halides is 5. The van der Waals surface area contributed by atoms with Crippen LogP contribution in [0.15, 0.2) is 18.3 Å². The van der Waals surface area contributed by atoms with Gasteiger partial charge in [0.1, 0.15) is 11.9 Å². The minimum absolute atomic E-state index is 0.362. The van der Waals surface area contributed by atoms with Crippen molar-refractivity contribution in [1.82, 2.24) is 9.78 Å². The van der Waals surface area contributed by atoms with Crippen molar-refractivity contribution in [2.75, 3.05) is 0 Å². The number of halogens is 7. The van der Waals surface area contributed by atoms with Crippen molar-refractivity contribution in [3.8, 4) is 11.4 Å². The molecule has 24 heavy (non-hydrogen) atoms. The lowest BCUT2D eigenvalue weighted by atomic mass is 10.2. The van der Waals surface area contributed by atoms with E-state index in [4.69, 9.17) is 23.2 Å². The highest BCUT2D eigenvalue weighted by molar-refractivity contribution is 6.37. The zero-order chi connectivity index (χ0) is 18.2. The molecule has 0 atom stereocenters. The predicted octanol–water partition coefficient (Wildman–Crippen LogP) is 4.71. The molecule has 13 heteroatoms. The molecule has 0 amide bonds. The molecule has 0 saturated heterocycles. The Morgan fingerprint density at radius 3 is 2.21 bits per heavy atom. The first kappa shape index (κ1) is 18.2. The van der Waals surface area contributed by atoms with Gasteiger partial charge < -0.3 is 14.9 Å². The van der Waals surface area contributed by atoms with Crippen molar-refractivity contribution in [2.24, 2.45) is 0 Å². The van der Waals surface area contributed by atoms with Gasteiger partial charge in [-0.1, -0.05) is 23.2 Å². The van der Waals surface area contributed by atoms with Gasteiger partial charge in [0.05, 0.1) is 20.7 Å². The van der Waals surface area contributed by atoms with Crippen molar-refractivity contribution < 1.29 is 31.6 Å². The second-order valence-electron chi connectivity index (χ2n) is 4.18. The summed E-state index contributed by atoms with van der Waals surface area (Å²) >= 11 is 11.4. The van der Waals surface area contributed by atoms with Crippen LogP contribution in [-0.4, -0.2) is 21.3 Å². The van der Waals surface area contributed by atoms with Crippen LogP contribution in [0.25, 0.3) is 5.69 Å². The van der Waals surface area contributed by atoms with Gasteiger partial charge >= 0.3 is 18.6 Å². The van der Waals surface area contributed by atoms with Crippen molar-refractivity contribution >= 4 is 29.0 Å². The molecule has 1 aromatic carbocycles. The monoisotopic (exact) mass is 391 g/mol. The van der Waals surface area contributed by atoms with Gasteiger partial charge in [0.25, 0.3) is 0 Å². The Labute approximate surface area is 139 Å². The first-order chi connectivity index (χ1) is 11.0. The molecule has 0 N–H and O–H groups in total. The summed E-state index contributed by atoms with van der Waals surface area (Å²) in [5.41, 5.74) is -1.52. The van der Waals surface area contributed by atoms with E-state index in [2.05, 4.69) is 9.84 Å². The third-order valence-electron chi connectivity index (χ3n) is 2.62. The fourth-order valence-electron chi connectivity index (χ4n) is 1.72. The molecule has 0 aliphatic rings. The molecule has 0 bridgehead atoms. The summed E-state index contributed by atoms with van der Waals surface area (Å²) in [5.74, 6) is -1.98. The lowest BCUT2D eigenvalue weighted by Gasteiger charge is -2.10. The van der Waals surface area contributed by atoms with Gasteiger partial charge in [-0.3, -0.25) is 0 Å². The van der Waals surface area contributed by atoms with E-state index in [1.165, 1.54) is 0 Å². The number of hydrogen-bond donors (Lipinski definition) is 0. The van der Waals surface area contributed by atoms with Crippen LogP contribution in [0, 0.1) is 10.1 Å². The van der Waals surface area contributed by atoms with Crippen LogP contribution in [0.5, 0.6) is 5.75 Å². The van der Waals surface area contributed by atoms with Gasteiger partial charge in [0.2, 0.25) is 5.75 Å². The smallest absolute Gasteiger partial charge is 0.424 e. The summed E-state index contributed by atoms with van der Waals surface area (Å²) in [4.78, 5) is 9.68. The molecule has 6 nitrogen and oxygen atoms in total. The first-order valence-electron chi connectivity index (χ1n) is 5.76. The summed E-state index contributed by atoms with van der Waals surface area (Å²) in [6, 6.07) is 1.04. The van der Waals surface area contributed by atoms with Crippen molar-refractivity contribution in [2.45, 2.75) is 12.8 Å². The largest absolute Gasteiger partial charge is 0.432 e. The van der Waals surface area contributed by atoms with Crippen molar-refractivity contribution in [3.63, 3.8) is 0 Å². The Morgan fingerprint density at radius 1 is 1.25 bits per heavy atom. The second-order valence-corrected chi connectivity index (χ2v) is 5.00. The van der Waals surface area contributed by atoms with E-state index in [1.807, 2.05) is 0 Å². The molecule has 1 heterocycles. The van der Waals surface area contributed by atoms with E-state index in [0.717, 1.165) is 0 Å². The van der Waals surface area contributed by atoms with Gasteiger partial charge in [0, 0.05) is 0 Å². The molecule has 0 aliphatic heterocycles. The lowest BCUT2D eigenvalue weighted by Crippen LogP contribution is -2.07. The van der Waals surface area contributed by atoms with Gasteiger partial charge in [-0.15, -0.1) is 4.68 Å². The Bertz CT molecular complexity index is 771. The standard InChI is InChI=1S/C11H4Cl2F5N3O3/c12-5-1-4(11(16,17)18)2-6(13)8(5)20-3-7(24-10(14)15)9(19-20)21(22)23/h1-3,10H. The van der Waals surface area contributed by atoms with Gasteiger partial charge in [0.15, 0.2) is 0 Å². The topological polar surface area (TPSA) is 70.2 Å². The van der Waals surface area contributed by atoms with Gasteiger partial charge in [-0.25, -0.2) is 0 Å². The molecule has 0 aliphatic carbocycles. The van der Waals surface area contributed by atoms with E-state index in [9.17, 15) is 32.1 Å². The third-order valence-corrected chi connectivity index (χ3v) is 3.20. The quantitative estimate of drug-likeness (QED) is 0.430. The Balaban J connectivity index is 2.58. The Morgan fingerprint density at radius 2 is 1.79 bits per heavy atom. The molecule has 2 aromatic rings. The first-order valence-corrected chi connectivity index (χ1v) is 6.51. The van der Waals surface area contributed by atoms with Crippen LogP contribution in [-0.2, 0) is 6.18 Å². The lowest BCUT2D eigenvalue weighted by molar-refractivity contribution is -0.391. The summed E-state index contributed by atoms with van der Waals surface area (Å²) in [5, 5.41) is 13.1. The summed E-state index contributed by atoms with van der Waals surface area (Å²) in [7, 11) is 0. The average molecular weight is 392 g/mol. The minimum Gasteiger partial charge on any atom is -0.424 e. The number of benzene rings is 1. The Kier molecular flexibility index (Phi) is 4.85. The number of nitro groups is 1. The van der Waals surface area contributed by atoms with Crippen molar-refractivity contribution in [1.29, 1.82) is 0 Å². The van der Waals surface area contributed by atoms with Gasteiger partial charge in [-0.2, -0.15) is 22.0 Å². The van der Waals surface area contributed by atoms with Crippen LogP contribution < -0.4 is 4.74 Å². The molecule has 1 aromatic heterocycles. The maximum Gasteiger partial charge on any atom is 0.432 e. The predicted molar refractivity (Wildman–Crippen MR) is 71.9 cm³/mol. The summed E-state index contributed by atoms with van der Waals surface area (Å²) in [6.07, 6.45) is -4.07. The highest BCUT2D eigenvalue weighted by Crippen LogP contribution is 2.38. The molecular weight excluding hydrogens is 388 g/mol. The summed E-state index contributed by atoms with van der Waals surface area (Å²) < 4.78 is 67.0. The van der Waals surface area contributed by atoms with E-state index < -0.39 is 44.9 Å². The minimum atomic E-state index is -4.73. The van der Waals surface area contributed by atoms with Crippen LogP contribution in [0.4, 0.5) is 27.8 Å².